The molecule has 106 valence electrons. The third-order valence-electron chi connectivity index (χ3n) is 2.71. The molecule has 0 bridgehead atoms. The van der Waals surface area contributed by atoms with Gasteiger partial charge in [0.25, 0.3) is 0 Å². The molecule has 2 amide bonds. The monoisotopic (exact) mass is 348 g/mol. The molecule has 1 aromatic heterocycles. The van der Waals surface area contributed by atoms with Gasteiger partial charge in [-0.25, -0.2) is 4.79 Å². The van der Waals surface area contributed by atoms with Gasteiger partial charge in [-0.3, -0.25) is 4.79 Å². The Hall–Kier alpha value is -1.08. The molecule has 0 aliphatic heterocycles. The zero-order chi connectivity index (χ0) is 14.4. The van der Waals surface area contributed by atoms with Gasteiger partial charge >= 0.3 is 12.0 Å². The zero-order valence-electron chi connectivity index (χ0n) is 10.8. The second-order valence-electron chi connectivity index (χ2n) is 4.44. The van der Waals surface area contributed by atoms with Crippen LogP contribution in [-0.2, 0) is 11.3 Å². The van der Waals surface area contributed by atoms with Gasteiger partial charge in [0.05, 0.1) is 12.5 Å². The number of nitrogens with one attached hydrogen (secondary N) is 2. The number of urea groups is 1. The van der Waals surface area contributed by atoms with E-state index >= 15 is 0 Å². The lowest BCUT2D eigenvalue weighted by molar-refractivity contribution is -0.142. The van der Waals surface area contributed by atoms with E-state index in [9.17, 15) is 9.59 Å². The summed E-state index contributed by atoms with van der Waals surface area (Å²) in [5.74, 6) is -1.49. The van der Waals surface area contributed by atoms with E-state index in [2.05, 4.69) is 26.6 Å². The van der Waals surface area contributed by atoms with Gasteiger partial charge in [-0.2, -0.15) is 0 Å². The molecule has 1 rings (SSSR count). The molecule has 1 aromatic rings. The number of carbonyl (C=O) groups excluding carboxylic acids is 1. The van der Waals surface area contributed by atoms with Crippen molar-refractivity contribution >= 4 is 39.3 Å². The first-order valence-corrected chi connectivity index (χ1v) is 7.55. The van der Waals surface area contributed by atoms with Gasteiger partial charge in [0.1, 0.15) is 0 Å². The molecule has 0 saturated carbocycles. The molecule has 19 heavy (non-hydrogen) atoms. The summed E-state index contributed by atoms with van der Waals surface area (Å²) in [6, 6.07) is 1.56. The summed E-state index contributed by atoms with van der Waals surface area (Å²) in [4.78, 5) is 23.6. The van der Waals surface area contributed by atoms with Gasteiger partial charge in [-0.1, -0.05) is 13.8 Å². The summed E-state index contributed by atoms with van der Waals surface area (Å²) in [6.45, 7) is 4.19. The van der Waals surface area contributed by atoms with Crippen LogP contribution in [0.5, 0.6) is 0 Å². The molecule has 0 aliphatic carbocycles. The number of thiophene rings is 1. The van der Waals surface area contributed by atoms with Crippen molar-refractivity contribution in [2.45, 2.75) is 20.4 Å². The van der Waals surface area contributed by atoms with Crippen LogP contribution in [0.2, 0.25) is 0 Å². The van der Waals surface area contributed by atoms with Crippen LogP contribution in [0, 0.1) is 11.8 Å². The fourth-order valence-corrected chi connectivity index (χ4v) is 2.92. The van der Waals surface area contributed by atoms with Crippen molar-refractivity contribution < 1.29 is 14.7 Å². The lowest BCUT2D eigenvalue weighted by atomic mass is 9.96. The predicted octanol–water partition coefficient (Wildman–Crippen LogP) is 2.67. The average molecular weight is 349 g/mol. The van der Waals surface area contributed by atoms with Crippen LogP contribution in [0.4, 0.5) is 4.79 Å². The summed E-state index contributed by atoms with van der Waals surface area (Å²) in [5, 5.41) is 16.2. The number of hydrogen-bond donors (Lipinski definition) is 3. The second kappa shape index (κ2) is 7.49. The van der Waals surface area contributed by atoms with Crippen molar-refractivity contribution in [3.8, 4) is 0 Å². The van der Waals surface area contributed by atoms with E-state index in [0.717, 1.165) is 9.35 Å². The highest BCUT2D eigenvalue weighted by Crippen LogP contribution is 2.22. The van der Waals surface area contributed by atoms with Crippen molar-refractivity contribution in [2.24, 2.45) is 11.8 Å². The molecule has 0 aromatic carbocycles. The van der Waals surface area contributed by atoms with E-state index < -0.39 is 11.9 Å². The molecule has 0 saturated heterocycles. The molecule has 1 unspecified atom stereocenters. The van der Waals surface area contributed by atoms with E-state index in [-0.39, 0.29) is 18.5 Å². The van der Waals surface area contributed by atoms with Gasteiger partial charge < -0.3 is 15.7 Å². The number of aliphatic carboxylic acids is 1. The van der Waals surface area contributed by atoms with Crippen molar-refractivity contribution in [2.75, 3.05) is 6.54 Å². The number of rotatable bonds is 6. The van der Waals surface area contributed by atoms with Gasteiger partial charge in [0.15, 0.2) is 0 Å². The Kier molecular flexibility index (Phi) is 6.30. The predicted molar refractivity (Wildman–Crippen MR) is 78.2 cm³/mol. The maximum Gasteiger partial charge on any atom is 0.315 e. The van der Waals surface area contributed by atoms with Crippen molar-refractivity contribution in [3.63, 3.8) is 0 Å². The molecule has 3 N–H and O–H groups in total. The number of carbonyl (C=O) groups is 2. The maximum atomic E-state index is 11.6. The van der Waals surface area contributed by atoms with E-state index in [1.54, 1.807) is 11.3 Å². The number of hydrogen-bond acceptors (Lipinski definition) is 3. The minimum absolute atomic E-state index is 0.0239. The number of halogens is 1. The van der Waals surface area contributed by atoms with Gasteiger partial charge in [0.2, 0.25) is 0 Å². The quantitative estimate of drug-likeness (QED) is 0.739. The standard InChI is InChI=1S/C12H17BrN2O3S/c1-7(2)8(11(16)17)5-14-12(18)15-6-10-9(13)3-4-19-10/h3-4,7-8H,5-6H2,1-2H3,(H,16,17)(H2,14,15,18). The number of carboxylic acids is 1. The minimum Gasteiger partial charge on any atom is -0.481 e. The van der Waals surface area contributed by atoms with E-state index in [4.69, 9.17) is 5.11 Å². The number of carboxylic acid groups (broad SMARTS) is 1. The SMILES string of the molecule is CC(C)C(CNC(=O)NCc1sccc1Br)C(=O)O. The Balaban J connectivity index is 2.35. The van der Waals surface area contributed by atoms with E-state index in [1.807, 2.05) is 25.3 Å². The molecule has 5 nitrogen and oxygen atoms in total. The first-order valence-electron chi connectivity index (χ1n) is 5.88. The Morgan fingerprint density at radius 3 is 2.58 bits per heavy atom. The first-order chi connectivity index (χ1) is 8.91. The van der Waals surface area contributed by atoms with Crippen molar-refractivity contribution in [1.29, 1.82) is 0 Å². The highest BCUT2D eigenvalue weighted by molar-refractivity contribution is 9.10. The maximum absolute atomic E-state index is 11.6. The Labute approximate surface area is 124 Å². The molecule has 7 heteroatoms. The van der Waals surface area contributed by atoms with Crippen LogP contribution in [-0.4, -0.2) is 23.7 Å². The second-order valence-corrected chi connectivity index (χ2v) is 6.30. The van der Waals surface area contributed by atoms with E-state index in [0.29, 0.717) is 6.54 Å². The number of amides is 2. The molecule has 1 heterocycles. The summed E-state index contributed by atoms with van der Waals surface area (Å²) < 4.78 is 0.961. The van der Waals surface area contributed by atoms with Crippen LogP contribution in [0.1, 0.15) is 18.7 Å². The first kappa shape index (κ1) is 16.0. The minimum atomic E-state index is -0.892. The third kappa shape index (κ3) is 5.20. The Morgan fingerprint density at radius 2 is 2.11 bits per heavy atom. The average Bonchev–Trinajstić information content (AvgIpc) is 2.71. The Bertz CT molecular complexity index is 448. The highest BCUT2D eigenvalue weighted by atomic mass is 79.9. The largest absolute Gasteiger partial charge is 0.481 e. The smallest absolute Gasteiger partial charge is 0.315 e. The molecule has 0 radical (unpaired) electrons. The topological polar surface area (TPSA) is 78.4 Å². The summed E-state index contributed by atoms with van der Waals surface area (Å²) in [5.41, 5.74) is 0. The molecular weight excluding hydrogens is 332 g/mol. The lowest BCUT2D eigenvalue weighted by Crippen LogP contribution is -2.40. The molecule has 0 spiro atoms. The molecular formula is C12H17BrN2O3S. The van der Waals surface area contributed by atoms with Crippen LogP contribution in [0.25, 0.3) is 0 Å². The fraction of sp³-hybridized carbons (Fsp3) is 0.500. The van der Waals surface area contributed by atoms with Crippen molar-refractivity contribution in [1.82, 2.24) is 10.6 Å². The van der Waals surface area contributed by atoms with Gasteiger partial charge in [-0.15, -0.1) is 11.3 Å². The summed E-state index contributed by atoms with van der Waals surface area (Å²) >= 11 is 4.92. The van der Waals surface area contributed by atoms with Gasteiger partial charge in [-0.05, 0) is 33.3 Å². The van der Waals surface area contributed by atoms with Crippen LogP contribution < -0.4 is 10.6 Å². The lowest BCUT2D eigenvalue weighted by Gasteiger charge is -2.16. The van der Waals surface area contributed by atoms with Gasteiger partial charge in [0, 0.05) is 15.9 Å². The fourth-order valence-electron chi connectivity index (χ4n) is 1.49. The molecule has 1 atom stereocenters. The zero-order valence-corrected chi connectivity index (χ0v) is 13.2. The van der Waals surface area contributed by atoms with Crippen LogP contribution in [0.15, 0.2) is 15.9 Å². The molecule has 0 fully saturated rings. The van der Waals surface area contributed by atoms with Crippen molar-refractivity contribution in [3.05, 3.63) is 20.8 Å². The third-order valence-corrected chi connectivity index (χ3v) is 4.63. The summed E-state index contributed by atoms with van der Waals surface area (Å²) in [7, 11) is 0. The molecule has 0 aliphatic rings. The highest BCUT2D eigenvalue weighted by Gasteiger charge is 2.21. The van der Waals surface area contributed by atoms with E-state index in [1.165, 1.54) is 0 Å². The Morgan fingerprint density at radius 1 is 1.42 bits per heavy atom. The normalized spacial score (nSPS) is 12.2. The van der Waals surface area contributed by atoms with Crippen LogP contribution >= 0.6 is 27.3 Å². The summed E-state index contributed by atoms with van der Waals surface area (Å²) in [6.07, 6.45) is 0. The van der Waals surface area contributed by atoms with Crippen LogP contribution in [0.3, 0.4) is 0 Å².